The van der Waals surface area contributed by atoms with E-state index in [-0.39, 0.29) is 12.3 Å². The highest BCUT2D eigenvalue weighted by Gasteiger charge is 2.17. The topological polar surface area (TPSA) is 70.1 Å². The van der Waals surface area contributed by atoms with Crippen molar-refractivity contribution >= 4 is 17.4 Å². The second-order valence-electron chi connectivity index (χ2n) is 2.79. The number of aliphatic imine (C=N–C) groups is 1. The van der Waals surface area contributed by atoms with Crippen LogP contribution in [0.2, 0.25) is 0 Å². The molecule has 0 bridgehead atoms. The van der Waals surface area contributed by atoms with Crippen molar-refractivity contribution in [3.8, 4) is 0 Å². The van der Waals surface area contributed by atoms with Crippen molar-refractivity contribution in [2.24, 2.45) is 4.99 Å². The van der Waals surface area contributed by atoms with Gasteiger partial charge in [-0.3, -0.25) is 9.79 Å². The summed E-state index contributed by atoms with van der Waals surface area (Å²) in [6, 6.07) is 0. The fourth-order valence-corrected chi connectivity index (χ4v) is 1.22. The van der Waals surface area contributed by atoms with Gasteiger partial charge in [-0.15, -0.1) is 0 Å². The van der Waals surface area contributed by atoms with E-state index in [0.29, 0.717) is 11.5 Å². The Hall–Kier alpha value is -1.65. The van der Waals surface area contributed by atoms with E-state index in [4.69, 9.17) is 0 Å². The standard InChI is InChI=1S/C8H10N4O/c1-2-6-9-3-5(13)7-8(12-6)11-4-10-7/h4H,2-3H2,1H3,(H,9,12)(H,10,11). The van der Waals surface area contributed by atoms with Gasteiger partial charge in [-0.1, -0.05) is 6.92 Å². The SMILES string of the molecule is CCC1=NCC(=O)c2[nH]cnc2N1. The molecule has 0 aliphatic carbocycles. The maximum atomic E-state index is 11.4. The van der Waals surface area contributed by atoms with Crippen molar-refractivity contribution in [1.82, 2.24) is 9.97 Å². The second kappa shape index (κ2) is 3.01. The van der Waals surface area contributed by atoms with Crippen LogP contribution in [0.5, 0.6) is 0 Å². The first-order chi connectivity index (χ1) is 6.31. The summed E-state index contributed by atoms with van der Waals surface area (Å²) in [5.74, 6) is 1.37. The molecular weight excluding hydrogens is 168 g/mol. The number of amidine groups is 1. The number of imidazole rings is 1. The number of hydrogen-bond acceptors (Lipinski definition) is 4. The molecule has 0 amide bonds. The monoisotopic (exact) mass is 178 g/mol. The normalized spacial score (nSPS) is 15.8. The highest BCUT2D eigenvalue weighted by atomic mass is 16.1. The summed E-state index contributed by atoms with van der Waals surface area (Å²) < 4.78 is 0. The molecule has 13 heavy (non-hydrogen) atoms. The van der Waals surface area contributed by atoms with Crippen molar-refractivity contribution < 1.29 is 4.79 Å². The molecule has 0 radical (unpaired) electrons. The fourth-order valence-electron chi connectivity index (χ4n) is 1.22. The third-order valence-electron chi connectivity index (χ3n) is 1.93. The third kappa shape index (κ3) is 1.32. The molecule has 0 saturated carbocycles. The Balaban J connectivity index is 2.39. The summed E-state index contributed by atoms with van der Waals surface area (Å²) in [6.07, 6.45) is 2.29. The van der Waals surface area contributed by atoms with Crippen LogP contribution < -0.4 is 5.32 Å². The van der Waals surface area contributed by atoms with Gasteiger partial charge >= 0.3 is 0 Å². The summed E-state index contributed by atoms with van der Waals surface area (Å²) in [7, 11) is 0. The number of rotatable bonds is 1. The number of ketones is 1. The molecule has 1 aliphatic rings. The Morgan fingerprint density at radius 3 is 3.23 bits per heavy atom. The van der Waals surface area contributed by atoms with Gasteiger partial charge in [0.15, 0.2) is 5.82 Å². The molecule has 1 aromatic heterocycles. The van der Waals surface area contributed by atoms with Crippen LogP contribution in [-0.4, -0.2) is 28.1 Å². The number of hydrogen-bond donors (Lipinski definition) is 2. The molecule has 2 heterocycles. The molecule has 0 saturated heterocycles. The van der Waals surface area contributed by atoms with Gasteiger partial charge in [-0.05, 0) is 0 Å². The second-order valence-corrected chi connectivity index (χ2v) is 2.79. The molecule has 5 nitrogen and oxygen atoms in total. The average molecular weight is 178 g/mol. The van der Waals surface area contributed by atoms with Gasteiger partial charge in [-0.25, -0.2) is 4.98 Å². The van der Waals surface area contributed by atoms with Crippen LogP contribution >= 0.6 is 0 Å². The molecule has 68 valence electrons. The number of aromatic amines is 1. The third-order valence-corrected chi connectivity index (χ3v) is 1.93. The zero-order chi connectivity index (χ0) is 9.26. The lowest BCUT2D eigenvalue weighted by atomic mass is 10.3. The molecule has 5 heteroatoms. The first-order valence-electron chi connectivity index (χ1n) is 4.18. The van der Waals surface area contributed by atoms with Crippen LogP contribution in [0.25, 0.3) is 0 Å². The maximum Gasteiger partial charge on any atom is 0.204 e. The van der Waals surface area contributed by atoms with Gasteiger partial charge in [0.25, 0.3) is 0 Å². The smallest absolute Gasteiger partial charge is 0.204 e. The van der Waals surface area contributed by atoms with E-state index in [1.165, 1.54) is 6.33 Å². The summed E-state index contributed by atoms with van der Waals surface area (Å²) in [5.41, 5.74) is 0.521. The molecule has 1 aromatic rings. The number of fused-ring (bicyclic) bond motifs is 1. The van der Waals surface area contributed by atoms with Gasteiger partial charge in [-0.2, -0.15) is 0 Å². The minimum Gasteiger partial charge on any atom is -0.340 e. The number of carbonyl (C=O) groups is 1. The number of nitrogens with one attached hydrogen (secondary N) is 2. The quantitative estimate of drug-likeness (QED) is 0.669. The minimum absolute atomic E-state index is 0.0246. The van der Waals surface area contributed by atoms with Gasteiger partial charge in [0.1, 0.15) is 18.1 Å². The van der Waals surface area contributed by atoms with E-state index in [2.05, 4.69) is 20.3 Å². The van der Waals surface area contributed by atoms with E-state index in [0.717, 1.165) is 12.3 Å². The molecular formula is C8H10N4O. The van der Waals surface area contributed by atoms with Crippen molar-refractivity contribution in [3.63, 3.8) is 0 Å². The van der Waals surface area contributed by atoms with Gasteiger partial charge in [0, 0.05) is 6.42 Å². The molecule has 0 atom stereocenters. The number of anilines is 1. The zero-order valence-corrected chi connectivity index (χ0v) is 7.29. The highest BCUT2D eigenvalue weighted by Crippen LogP contribution is 2.13. The molecule has 2 rings (SSSR count). The lowest BCUT2D eigenvalue weighted by Gasteiger charge is -2.01. The molecule has 0 fully saturated rings. The predicted octanol–water partition coefficient (Wildman–Crippen LogP) is 0.826. The van der Waals surface area contributed by atoms with E-state index in [9.17, 15) is 4.79 Å². The van der Waals surface area contributed by atoms with Crippen LogP contribution in [0.3, 0.4) is 0 Å². The molecule has 1 aliphatic heterocycles. The first kappa shape index (κ1) is 7.97. The number of H-pyrrole nitrogens is 1. The Labute approximate surface area is 75.3 Å². The molecule has 0 aromatic carbocycles. The molecule has 2 N–H and O–H groups in total. The number of carbonyl (C=O) groups excluding carboxylic acids is 1. The van der Waals surface area contributed by atoms with Gasteiger partial charge in [0.05, 0.1) is 6.33 Å². The fraction of sp³-hybridized carbons (Fsp3) is 0.375. The summed E-state index contributed by atoms with van der Waals surface area (Å²) >= 11 is 0. The van der Waals surface area contributed by atoms with Crippen molar-refractivity contribution in [2.75, 3.05) is 11.9 Å². The Morgan fingerprint density at radius 2 is 2.46 bits per heavy atom. The van der Waals surface area contributed by atoms with Gasteiger partial charge in [0.2, 0.25) is 5.78 Å². The van der Waals surface area contributed by atoms with E-state index >= 15 is 0 Å². The lowest BCUT2D eigenvalue weighted by Crippen LogP contribution is -2.10. The van der Waals surface area contributed by atoms with E-state index < -0.39 is 0 Å². The minimum atomic E-state index is -0.0246. The lowest BCUT2D eigenvalue weighted by molar-refractivity contribution is 0.0999. The summed E-state index contributed by atoms with van der Waals surface area (Å²) in [4.78, 5) is 22.3. The first-order valence-corrected chi connectivity index (χ1v) is 4.18. The Bertz CT molecular complexity index is 366. The molecule has 0 spiro atoms. The average Bonchev–Trinajstić information content (AvgIpc) is 2.54. The largest absolute Gasteiger partial charge is 0.340 e. The van der Waals surface area contributed by atoms with Crippen LogP contribution in [-0.2, 0) is 0 Å². The summed E-state index contributed by atoms with van der Waals surface area (Å²) in [5, 5.41) is 3.01. The van der Waals surface area contributed by atoms with Crippen molar-refractivity contribution in [2.45, 2.75) is 13.3 Å². The summed E-state index contributed by atoms with van der Waals surface area (Å²) in [6.45, 7) is 2.18. The Morgan fingerprint density at radius 1 is 1.62 bits per heavy atom. The van der Waals surface area contributed by atoms with E-state index in [1.54, 1.807) is 0 Å². The number of nitrogens with zero attached hydrogens (tertiary/aromatic N) is 2. The van der Waals surface area contributed by atoms with Gasteiger partial charge < -0.3 is 10.3 Å². The van der Waals surface area contributed by atoms with Crippen LogP contribution in [0.4, 0.5) is 5.82 Å². The number of Topliss-reactive ketones (excluding diaryl/α,β-unsaturated/α-hetero) is 1. The van der Waals surface area contributed by atoms with Crippen molar-refractivity contribution in [3.05, 3.63) is 12.0 Å². The zero-order valence-electron chi connectivity index (χ0n) is 7.29. The maximum absolute atomic E-state index is 11.4. The van der Waals surface area contributed by atoms with Crippen LogP contribution in [0, 0.1) is 0 Å². The molecule has 0 unspecified atom stereocenters. The van der Waals surface area contributed by atoms with Crippen LogP contribution in [0.1, 0.15) is 23.8 Å². The number of aromatic nitrogens is 2. The highest BCUT2D eigenvalue weighted by molar-refractivity contribution is 6.08. The van der Waals surface area contributed by atoms with E-state index in [1.807, 2.05) is 6.92 Å². The Kier molecular flexibility index (Phi) is 1.84. The van der Waals surface area contributed by atoms with Crippen LogP contribution in [0.15, 0.2) is 11.3 Å². The van der Waals surface area contributed by atoms with Crippen molar-refractivity contribution in [1.29, 1.82) is 0 Å². The predicted molar refractivity (Wildman–Crippen MR) is 49.1 cm³/mol.